The Morgan fingerprint density at radius 1 is 1.00 bits per heavy atom. The van der Waals surface area contributed by atoms with Gasteiger partial charge in [-0.1, -0.05) is 55.6 Å². The predicted molar refractivity (Wildman–Crippen MR) is 121 cm³/mol. The number of hydrogen-bond donors (Lipinski definition) is 1. The summed E-state index contributed by atoms with van der Waals surface area (Å²) in [5, 5.41) is 10.0. The molecule has 10 heteroatoms. The summed E-state index contributed by atoms with van der Waals surface area (Å²) in [6.07, 6.45) is 1.53. The van der Waals surface area contributed by atoms with Gasteiger partial charge in [-0.2, -0.15) is 3.71 Å². The standard InChI is InChI=1S/C20H25Cl2NO5S2/c1-4-6-14(3)18-10-9-17(22)12-20(18)30(27,28)23(29(25,26)5-2)19-11-16(21)8-7-15(19)13-24/h7-12,14,24H,4-6,13H2,1-3H3/t14-/m1/s1. The van der Waals surface area contributed by atoms with E-state index in [0.717, 1.165) is 6.42 Å². The van der Waals surface area contributed by atoms with Gasteiger partial charge < -0.3 is 5.11 Å². The molecule has 0 fully saturated rings. The zero-order chi connectivity index (χ0) is 22.7. The lowest BCUT2D eigenvalue weighted by Crippen LogP contribution is -2.39. The van der Waals surface area contributed by atoms with Crippen LogP contribution in [0.1, 0.15) is 50.7 Å². The second kappa shape index (κ2) is 9.87. The number of rotatable bonds is 9. The van der Waals surface area contributed by atoms with Crippen molar-refractivity contribution in [1.82, 2.24) is 0 Å². The van der Waals surface area contributed by atoms with E-state index in [1.54, 1.807) is 12.1 Å². The molecule has 0 saturated carbocycles. The first kappa shape index (κ1) is 24.9. The van der Waals surface area contributed by atoms with Gasteiger partial charge in [-0.25, -0.2) is 16.8 Å². The minimum absolute atomic E-state index is 0.116. The molecule has 0 amide bonds. The van der Waals surface area contributed by atoms with Gasteiger partial charge in [0.2, 0.25) is 10.0 Å². The van der Waals surface area contributed by atoms with Crippen LogP contribution < -0.4 is 3.71 Å². The summed E-state index contributed by atoms with van der Waals surface area (Å²) in [5.41, 5.74) is 0.385. The van der Waals surface area contributed by atoms with Crippen molar-refractivity contribution in [3.8, 4) is 0 Å². The Hall–Kier alpha value is -1.32. The van der Waals surface area contributed by atoms with Gasteiger partial charge in [0.25, 0.3) is 10.0 Å². The van der Waals surface area contributed by atoms with Crippen molar-refractivity contribution in [2.24, 2.45) is 0 Å². The average molecular weight is 494 g/mol. The highest BCUT2D eigenvalue weighted by molar-refractivity contribution is 8.10. The second-order valence-corrected chi connectivity index (χ2v) is 11.9. The van der Waals surface area contributed by atoms with E-state index in [1.165, 1.54) is 31.2 Å². The maximum absolute atomic E-state index is 13.8. The van der Waals surface area contributed by atoms with Crippen molar-refractivity contribution < 1.29 is 21.9 Å². The molecule has 2 aromatic rings. The van der Waals surface area contributed by atoms with Crippen LogP contribution in [0.5, 0.6) is 0 Å². The lowest BCUT2D eigenvalue weighted by atomic mass is 9.97. The summed E-state index contributed by atoms with van der Waals surface area (Å²) < 4.78 is 53.9. The van der Waals surface area contributed by atoms with Crippen molar-refractivity contribution >= 4 is 48.9 Å². The molecular weight excluding hydrogens is 469 g/mol. The molecule has 0 spiro atoms. The fraction of sp³-hybridized carbons (Fsp3) is 0.400. The Bertz CT molecular complexity index is 1120. The predicted octanol–water partition coefficient (Wildman–Crippen LogP) is 4.93. The monoisotopic (exact) mass is 493 g/mol. The number of anilines is 1. The molecule has 0 aliphatic carbocycles. The first-order valence-corrected chi connectivity index (χ1v) is 13.3. The van der Waals surface area contributed by atoms with Crippen LogP contribution in [-0.2, 0) is 26.7 Å². The van der Waals surface area contributed by atoms with Crippen molar-refractivity contribution in [3.05, 3.63) is 57.6 Å². The molecule has 1 atom stereocenters. The summed E-state index contributed by atoms with van der Waals surface area (Å²) in [6.45, 7) is 4.64. The van der Waals surface area contributed by atoms with Crippen LogP contribution in [0.25, 0.3) is 0 Å². The second-order valence-electron chi connectivity index (χ2n) is 6.91. The molecule has 166 valence electrons. The molecule has 0 unspecified atom stereocenters. The molecule has 1 N–H and O–H groups in total. The fourth-order valence-corrected chi connectivity index (χ4v) is 7.51. The number of sulfonamides is 2. The molecule has 0 aromatic heterocycles. The largest absolute Gasteiger partial charge is 0.392 e. The van der Waals surface area contributed by atoms with Crippen LogP contribution in [0.2, 0.25) is 10.0 Å². The maximum Gasteiger partial charge on any atom is 0.277 e. The van der Waals surface area contributed by atoms with Crippen LogP contribution in [0.4, 0.5) is 5.69 Å². The number of aliphatic hydroxyl groups is 1. The van der Waals surface area contributed by atoms with Crippen molar-refractivity contribution in [2.75, 3.05) is 9.46 Å². The van der Waals surface area contributed by atoms with Crippen LogP contribution in [0.3, 0.4) is 0 Å². The highest BCUT2D eigenvalue weighted by Crippen LogP contribution is 2.37. The first-order valence-electron chi connectivity index (χ1n) is 9.46. The molecule has 6 nitrogen and oxygen atoms in total. The number of halogens is 2. The SMILES string of the molecule is CCC[C@@H](C)c1ccc(Cl)cc1S(=O)(=O)N(c1cc(Cl)ccc1CO)S(=O)(=O)CC. The van der Waals surface area contributed by atoms with Crippen LogP contribution in [0, 0.1) is 0 Å². The van der Waals surface area contributed by atoms with Gasteiger partial charge in [0, 0.05) is 15.6 Å². The van der Waals surface area contributed by atoms with E-state index in [0.29, 0.717) is 15.7 Å². The van der Waals surface area contributed by atoms with E-state index in [-0.39, 0.29) is 32.1 Å². The van der Waals surface area contributed by atoms with Crippen molar-refractivity contribution in [2.45, 2.75) is 51.0 Å². The van der Waals surface area contributed by atoms with Crippen LogP contribution >= 0.6 is 23.2 Å². The average Bonchev–Trinajstić information content (AvgIpc) is 2.68. The Morgan fingerprint density at radius 2 is 1.60 bits per heavy atom. The Balaban J connectivity index is 2.88. The van der Waals surface area contributed by atoms with Gasteiger partial charge in [-0.3, -0.25) is 0 Å². The smallest absolute Gasteiger partial charge is 0.277 e. The summed E-state index contributed by atoms with van der Waals surface area (Å²) in [5.74, 6) is -0.607. The van der Waals surface area contributed by atoms with Gasteiger partial charge in [-0.15, -0.1) is 0 Å². The Labute approximate surface area is 188 Å². The van der Waals surface area contributed by atoms with E-state index >= 15 is 0 Å². The van der Waals surface area contributed by atoms with Crippen LogP contribution in [-0.4, -0.2) is 27.7 Å². The fourth-order valence-electron chi connectivity index (χ4n) is 3.20. The highest BCUT2D eigenvalue weighted by atomic mass is 35.5. The van der Waals surface area contributed by atoms with Crippen molar-refractivity contribution in [3.63, 3.8) is 0 Å². The number of nitrogens with zero attached hydrogens (tertiary/aromatic N) is 1. The maximum atomic E-state index is 13.8. The number of benzene rings is 2. The number of aliphatic hydroxyl groups excluding tert-OH is 1. The molecule has 2 rings (SSSR count). The zero-order valence-corrected chi connectivity index (χ0v) is 20.1. The van der Waals surface area contributed by atoms with Gasteiger partial charge in [-0.05, 0) is 49.1 Å². The van der Waals surface area contributed by atoms with E-state index in [9.17, 15) is 21.9 Å². The molecule has 0 aliphatic rings. The van der Waals surface area contributed by atoms with Gasteiger partial charge in [0.05, 0.1) is 22.9 Å². The Kier molecular flexibility index (Phi) is 8.21. The molecule has 0 heterocycles. The lowest BCUT2D eigenvalue weighted by Gasteiger charge is -2.27. The molecule has 30 heavy (non-hydrogen) atoms. The summed E-state index contributed by atoms with van der Waals surface area (Å²) in [6, 6.07) is 8.52. The van der Waals surface area contributed by atoms with Crippen molar-refractivity contribution in [1.29, 1.82) is 0 Å². The van der Waals surface area contributed by atoms with Gasteiger partial charge >= 0.3 is 0 Å². The summed E-state index contributed by atoms with van der Waals surface area (Å²) in [4.78, 5) is -0.183. The zero-order valence-electron chi connectivity index (χ0n) is 17.0. The summed E-state index contributed by atoms with van der Waals surface area (Å²) >= 11 is 12.1. The first-order chi connectivity index (χ1) is 14.0. The normalized spacial score (nSPS) is 13.3. The third-order valence-corrected chi connectivity index (χ3v) is 9.47. The quantitative estimate of drug-likeness (QED) is 0.534. The molecule has 0 radical (unpaired) electrons. The Morgan fingerprint density at radius 3 is 2.17 bits per heavy atom. The minimum atomic E-state index is -4.60. The van der Waals surface area contributed by atoms with Crippen LogP contribution in [0.15, 0.2) is 41.3 Å². The summed E-state index contributed by atoms with van der Waals surface area (Å²) in [7, 11) is -8.90. The van der Waals surface area contributed by atoms with E-state index < -0.39 is 32.4 Å². The molecule has 0 aliphatic heterocycles. The third-order valence-electron chi connectivity index (χ3n) is 4.76. The molecule has 0 saturated heterocycles. The van der Waals surface area contributed by atoms with E-state index in [1.807, 2.05) is 13.8 Å². The minimum Gasteiger partial charge on any atom is -0.392 e. The number of hydrogen-bond acceptors (Lipinski definition) is 5. The molecular formula is C20H25Cl2NO5S2. The lowest BCUT2D eigenvalue weighted by molar-refractivity contribution is 0.282. The third kappa shape index (κ3) is 5.11. The van der Waals surface area contributed by atoms with Gasteiger partial charge in [0.1, 0.15) is 0 Å². The highest BCUT2D eigenvalue weighted by Gasteiger charge is 2.38. The molecule has 0 bridgehead atoms. The molecule has 2 aromatic carbocycles. The topological polar surface area (TPSA) is 91.8 Å². The van der Waals surface area contributed by atoms with E-state index in [4.69, 9.17) is 23.2 Å². The van der Waals surface area contributed by atoms with Gasteiger partial charge in [0.15, 0.2) is 0 Å². The van der Waals surface area contributed by atoms with E-state index in [2.05, 4.69) is 0 Å².